The van der Waals surface area contributed by atoms with E-state index >= 15 is 0 Å². The largest absolute Gasteiger partial charge is 0.395 e. The van der Waals surface area contributed by atoms with Crippen LogP contribution in [0.25, 0.3) is 0 Å². The summed E-state index contributed by atoms with van der Waals surface area (Å²) in [6.07, 6.45) is 3.43. The summed E-state index contributed by atoms with van der Waals surface area (Å²) >= 11 is 1.16. The van der Waals surface area contributed by atoms with Crippen LogP contribution in [0.1, 0.15) is 17.8 Å². The van der Waals surface area contributed by atoms with Crippen LogP contribution in [0.5, 0.6) is 0 Å². The zero-order valence-electron chi connectivity index (χ0n) is 10.9. The number of aromatic nitrogens is 1. The highest BCUT2D eigenvalue weighted by atomic mass is 32.2. The maximum Gasteiger partial charge on any atom is 0.254 e. The highest BCUT2D eigenvalue weighted by Crippen LogP contribution is 2.23. The van der Waals surface area contributed by atoms with E-state index in [-0.39, 0.29) is 23.4 Å². The second kappa shape index (κ2) is 6.27. The minimum Gasteiger partial charge on any atom is -0.395 e. The van der Waals surface area contributed by atoms with Crippen LogP contribution in [-0.2, 0) is 10.0 Å². The molecule has 1 aliphatic rings. The molecule has 0 amide bonds. The van der Waals surface area contributed by atoms with Gasteiger partial charge >= 0.3 is 0 Å². The van der Waals surface area contributed by atoms with E-state index in [1.807, 2.05) is 0 Å². The number of nitrogens with zero attached hydrogens (tertiary/aromatic N) is 2. The van der Waals surface area contributed by atoms with Gasteiger partial charge in [-0.05, 0) is 26.3 Å². The molecule has 1 atom stereocenters. The van der Waals surface area contributed by atoms with Gasteiger partial charge in [0, 0.05) is 19.1 Å². The molecule has 0 aromatic carbocycles. The van der Waals surface area contributed by atoms with Gasteiger partial charge in [-0.2, -0.15) is 4.31 Å². The maximum atomic E-state index is 12.5. The average molecular weight is 305 g/mol. The van der Waals surface area contributed by atoms with Crippen molar-refractivity contribution < 1.29 is 13.5 Å². The van der Waals surface area contributed by atoms with Gasteiger partial charge in [0.2, 0.25) is 0 Å². The van der Waals surface area contributed by atoms with Crippen LogP contribution in [0.15, 0.2) is 10.4 Å². The lowest BCUT2D eigenvalue weighted by Crippen LogP contribution is -2.42. The molecule has 2 heterocycles. The van der Waals surface area contributed by atoms with E-state index in [9.17, 15) is 8.42 Å². The summed E-state index contributed by atoms with van der Waals surface area (Å²) < 4.78 is 26.6. The lowest BCUT2D eigenvalue weighted by Gasteiger charge is -2.23. The van der Waals surface area contributed by atoms with E-state index in [1.54, 1.807) is 6.92 Å². The van der Waals surface area contributed by atoms with Crippen LogP contribution < -0.4 is 5.32 Å². The van der Waals surface area contributed by atoms with E-state index in [4.69, 9.17) is 5.11 Å². The number of nitrogens with one attached hydrogen (secondary N) is 1. The summed E-state index contributed by atoms with van der Waals surface area (Å²) in [4.78, 5) is 3.99. The van der Waals surface area contributed by atoms with Crippen LogP contribution in [0.4, 0.5) is 0 Å². The van der Waals surface area contributed by atoms with Gasteiger partial charge in [-0.1, -0.05) is 0 Å². The van der Waals surface area contributed by atoms with E-state index < -0.39 is 10.0 Å². The first-order valence-electron chi connectivity index (χ1n) is 6.31. The Bertz CT molecular complexity index is 509. The van der Waals surface area contributed by atoms with Crippen molar-refractivity contribution in [1.82, 2.24) is 14.6 Å². The molecule has 0 saturated carbocycles. The minimum atomic E-state index is -3.54. The van der Waals surface area contributed by atoms with Crippen LogP contribution in [-0.4, -0.2) is 55.1 Å². The third-order valence-electron chi connectivity index (χ3n) is 3.13. The monoisotopic (exact) mass is 305 g/mol. The number of hydrogen-bond acceptors (Lipinski definition) is 6. The van der Waals surface area contributed by atoms with Crippen molar-refractivity contribution in [2.24, 2.45) is 0 Å². The van der Waals surface area contributed by atoms with E-state index in [1.165, 1.54) is 10.5 Å². The third-order valence-corrected chi connectivity index (χ3v) is 6.34. The quantitative estimate of drug-likeness (QED) is 0.784. The van der Waals surface area contributed by atoms with Crippen molar-refractivity contribution in [2.45, 2.75) is 30.0 Å². The normalized spacial score (nSPS) is 20.3. The standard InChI is InChI=1S/C11H19N3O3S2/c1-9-13-7-11(18-9)19(16,17)14(5-6-15)8-10-3-2-4-12-10/h7,10,12,15H,2-6,8H2,1H3. The summed E-state index contributed by atoms with van der Waals surface area (Å²) in [5.41, 5.74) is 0. The lowest BCUT2D eigenvalue weighted by molar-refractivity contribution is 0.246. The third kappa shape index (κ3) is 3.51. The predicted octanol–water partition coefficient (Wildman–Crippen LogP) is 0.187. The van der Waals surface area contributed by atoms with Gasteiger partial charge in [-0.25, -0.2) is 13.4 Å². The van der Waals surface area contributed by atoms with Crippen LogP contribution in [0.3, 0.4) is 0 Å². The molecule has 1 unspecified atom stereocenters. The summed E-state index contributed by atoms with van der Waals surface area (Å²) in [5, 5.41) is 13.1. The topological polar surface area (TPSA) is 82.5 Å². The summed E-state index contributed by atoms with van der Waals surface area (Å²) in [7, 11) is -3.54. The fraction of sp³-hybridized carbons (Fsp3) is 0.727. The van der Waals surface area contributed by atoms with Gasteiger partial charge < -0.3 is 10.4 Å². The molecule has 0 aliphatic carbocycles. The number of hydrogen-bond donors (Lipinski definition) is 2. The zero-order chi connectivity index (χ0) is 13.9. The van der Waals surface area contributed by atoms with Crippen LogP contribution >= 0.6 is 11.3 Å². The van der Waals surface area contributed by atoms with Crippen LogP contribution in [0, 0.1) is 6.92 Å². The Balaban J connectivity index is 2.16. The average Bonchev–Trinajstić information content (AvgIpc) is 3.00. The Morgan fingerprint density at radius 2 is 2.42 bits per heavy atom. The van der Waals surface area contributed by atoms with Crippen molar-refractivity contribution in [3.05, 3.63) is 11.2 Å². The Labute approximate surface area is 117 Å². The molecule has 1 fully saturated rings. The van der Waals surface area contributed by atoms with Gasteiger partial charge in [-0.15, -0.1) is 11.3 Å². The van der Waals surface area contributed by atoms with E-state index in [0.29, 0.717) is 6.54 Å². The van der Waals surface area contributed by atoms with E-state index in [2.05, 4.69) is 10.3 Å². The van der Waals surface area contributed by atoms with Gasteiger partial charge in [-0.3, -0.25) is 0 Å². The van der Waals surface area contributed by atoms with Gasteiger partial charge in [0.25, 0.3) is 10.0 Å². The summed E-state index contributed by atoms with van der Waals surface area (Å²) in [5.74, 6) is 0. The maximum absolute atomic E-state index is 12.5. The first-order valence-corrected chi connectivity index (χ1v) is 8.56. The fourth-order valence-electron chi connectivity index (χ4n) is 2.17. The number of aryl methyl sites for hydroxylation is 1. The molecule has 108 valence electrons. The molecule has 19 heavy (non-hydrogen) atoms. The molecule has 1 saturated heterocycles. The highest BCUT2D eigenvalue weighted by Gasteiger charge is 2.29. The van der Waals surface area contributed by atoms with Crippen molar-refractivity contribution in [1.29, 1.82) is 0 Å². The fourth-order valence-corrected chi connectivity index (χ4v) is 4.91. The van der Waals surface area contributed by atoms with Crippen LogP contribution in [0.2, 0.25) is 0 Å². The first-order chi connectivity index (χ1) is 9.04. The molecule has 1 aromatic heterocycles. The zero-order valence-corrected chi connectivity index (χ0v) is 12.5. The first kappa shape index (κ1) is 14.9. The predicted molar refractivity (Wildman–Crippen MR) is 73.7 cm³/mol. The van der Waals surface area contributed by atoms with Gasteiger partial charge in [0.15, 0.2) is 4.21 Å². The molecular weight excluding hydrogens is 286 g/mol. The Morgan fingerprint density at radius 3 is 2.95 bits per heavy atom. The molecule has 6 nitrogen and oxygen atoms in total. The molecule has 1 aromatic rings. The number of aliphatic hydroxyl groups excluding tert-OH is 1. The van der Waals surface area contributed by atoms with Crippen molar-refractivity contribution in [2.75, 3.05) is 26.2 Å². The van der Waals surface area contributed by atoms with Gasteiger partial charge in [0.05, 0.1) is 17.8 Å². The molecule has 2 N–H and O–H groups in total. The Morgan fingerprint density at radius 1 is 1.63 bits per heavy atom. The SMILES string of the molecule is Cc1ncc(S(=O)(=O)N(CCO)CC2CCCN2)s1. The number of thiazole rings is 1. The molecule has 0 spiro atoms. The van der Waals surface area contributed by atoms with Gasteiger partial charge in [0.1, 0.15) is 0 Å². The van der Waals surface area contributed by atoms with E-state index in [0.717, 1.165) is 35.7 Å². The molecular formula is C11H19N3O3S2. The highest BCUT2D eigenvalue weighted by molar-refractivity contribution is 7.91. The molecule has 0 radical (unpaired) electrons. The van der Waals surface area contributed by atoms with Crippen molar-refractivity contribution in [3.63, 3.8) is 0 Å². The lowest BCUT2D eigenvalue weighted by atomic mass is 10.2. The second-order valence-electron chi connectivity index (χ2n) is 4.58. The second-order valence-corrected chi connectivity index (χ2v) is 7.98. The van der Waals surface area contributed by atoms with Crippen molar-refractivity contribution in [3.8, 4) is 0 Å². The minimum absolute atomic E-state index is 0.122. The number of aliphatic hydroxyl groups is 1. The molecule has 1 aliphatic heterocycles. The Hall–Kier alpha value is -0.540. The Kier molecular flexibility index (Phi) is 4.91. The molecule has 2 rings (SSSR count). The summed E-state index contributed by atoms with van der Waals surface area (Å²) in [6, 6.07) is 0.176. The van der Waals surface area contributed by atoms with Crippen molar-refractivity contribution >= 4 is 21.4 Å². The number of sulfonamides is 1. The molecule has 0 bridgehead atoms. The smallest absolute Gasteiger partial charge is 0.254 e. The number of rotatable bonds is 6. The molecule has 8 heteroatoms. The summed E-state index contributed by atoms with van der Waals surface area (Å²) in [6.45, 7) is 3.05.